The number of ketones is 2. The van der Waals surface area contributed by atoms with Crippen molar-refractivity contribution in [3.63, 3.8) is 0 Å². The summed E-state index contributed by atoms with van der Waals surface area (Å²) in [5.41, 5.74) is 4.92. The molecule has 5 aromatic carbocycles. The van der Waals surface area contributed by atoms with Crippen molar-refractivity contribution in [3.05, 3.63) is 175 Å². The van der Waals surface area contributed by atoms with E-state index in [0.29, 0.717) is 26.7 Å². The molecule has 52 heavy (non-hydrogen) atoms. The van der Waals surface area contributed by atoms with Crippen LogP contribution in [0.3, 0.4) is 0 Å². The Morgan fingerprint density at radius 2 is 1.23 bits per heavy atom. The summed E-state index contributed by atoms with van der Waals surface area (Å²) in [5.74, 6) is -3.83. The molecule has 0 fully saturated rings. The molecule has 0 atom stereocenters. The van der Waals surface area contributed by atoms with Crippen LogP contribution in [0.15, 0.2) is 103 Å². The number of aryl methyl sites for hydroxylation is 3. The van der Waals surface area contributed by atoms with Crippen LogP contribution in [-0.2, 0) is 11.6 Å². The Morgan fingerprint density at radius 1 is 0.673 bits per heavy atom. The lowest BCUT2D eigenvalue weighted by Gasteiger charge is -2.44. The summed E-state index contributed by atoms with van der Waals surface area (Å²) in [6.45, 7) is 5.89. The summed E-state index contributed by atoms with van der Waals surface area (Å²) in [4.78, 5) is 29.4. The molecule has 0 bridgehead atoms. The fourth-order valence-electron chi connectivity index (χ4n) is 8.57. The second kappa shape index (κ2) is 10.9. The van der Waals surface area contributed by atoms with Crippen molar-refractivity contribution in [1.82, 2.24) is 0 Å². The first-order chi connectivity index (χ1) is 24.8. The molecule has 0 radical (unpaired) electrons. The van der Waals surface area contributed by atoms with Gasteiger partial charge in [0.1, 0.15) is 16.6 Å². The Hall–Kier alpha value is -5.67. The van der Waals surface area contributed by atoms with E-state index in [1.165, 1.54) is 29.5 Å². The van der Waals surface area contributed by atoms with Crippen molar-refractivity contribution in [2.24, 2.45) is 0 Å². The van der Waals surface area contributed by atoms with Gasteiger partial charge in [0.25, 0.3) is 0 Å². The maximum Gasteiger partial charge on any atom is 0.416 e. The number of benzene rings is 5. The third kappa shape index (κ3) is 4.23. The molecule has 1 spiro atoms. The maximum absolute atomic E-state index is 14.8. The Kier molecular flexibility index (Phi) is 6.77. The maximum atomic E-state index is 14.8. The number of fused-ring (bicyclic) bond motifs is 10. The number of carbonyl (C=O) groups is 2. The van der Waals surface area contributed by atoms with Gasteiger partial charge < -0.3 is 4.90 Å². The Balaban J connectivity index is 1.40. The van der Waals surface area contributed by atoms with Crippen molar-refractivity contribution in [2.45, 2.75) is 32.4 Å². The number of hydrogen-bond donors (Lipinski definition) is 0. The zero-order valence-corrected chi connectivity index (χ0v) is 28.7. The van der Waals surface area contributed by atoms with Gasteiger partial charge in [-0.15, -0.1) is 11.3 Å². The van der Waals surface area contributed by atoms with E-state index in [-0.39, 0.29) is 5.57 Å². The number of nitrogens with zero attached hydrogens (tertiary/aromatic N) is 1. The van der Waals surface area contributed by atoms with E-state index < -0.39 is 51.5 Å². The first-order valence-electron chi connectivity index (χ1n) is 16.5. The van der Waals surface area contributed by atoms with Gasteiger partial charge in [0.05, 0.1) is 39.1 Å². The second-order valence-electron chi connectivity index (χ2n) is 13.5. The largest absolute Gasteiger partial charge is 0.416 e. The number of alkyl halides is 3. The van der Waals surface area contributed by atoms with E-state index in [4.69, 9.17) is 0 Å². The highest BCUT2D eigenvalue weighted by Gasteiger charge is 2.53. The predicted molar refractivity (Wildman–Crippen MR) is 192 cm³/mol. The normalized spacial score (nSPS) is 15.1. The molecule has 0 saturated heterocycles. The highest BCUT2D eigenvalue weighted by Crippen LogP contribution is 2.65. The molecule has 0 unspecified atom stereocenters. The summed E-state index contributed by atoms with van der Waals surface area (Å²) >= 11 is 1.26. The molecule has 0 saturated carbocycles. The fraction of sp³-hybridized carbons (Fsp3) is 0.116. The van der Waals surface area contributed by atoms with Gasteiger partial charge in [-0.3, -0.25) is 9.59 Å². The standard InChI is InChI=1S/C43H26F5NO2S/c1-21-16-22(2)38(23(3)17-21)49-35-15-12-24(43(46,47)48)18-31(35)42(29-10-6-4-8-26(29)27-9-5-7-11-30(27)42)32-20-25(52-41(32)49)19-28-39(50)36-33(44)13-14-34(45)37(36)40(28)51/h4-20H,1-3H3. The summed E-state index contributed by atoms with van der Waals surface area (Å²) in [7, 11) is 0. The molecule has 3 nitrogen and oxygen atoms in total. The number of hydrogen-bond acceptors (Lipinski definition) is 4. The molecule has 2 heterocycles. The predicted octanol–water partition coefficient (Wildman–Crippen LogP) is 11.6. The minimum atomic E-state index is -4.64. The average Bonchev–Trinajstić information content (AvgIpc) is 3.74. The van der Waals surface area contributed by atoms with Crippen molar-refractivity contribution >= 4 is 45.4 Å². The summed E-state index contributed by atoms with van der Waals surface area (Å²) < 4.78 is 73.6. The molecule has 0 amide bonds. The third-order valence-corrected chi connectivity index (χ3v) is 11.5. The van der Waals surface area contributed by atoms with E-state index in [9.17, 15) is 31.5 Å². The van der Waals surface area contributed by atoms with Gasteiger partial charge in [0, 0.05) is 10.4 Å². The van der Waals surface area contributed by atoms with E-state index in [2.05, 4.69) is 0 Å². The quantitative estimate of drug-likeness (QED) is 0.102. The second-order valence-corrected chi connectivity index (χ2v) is 14.6. The highest BCUT2D eigenvalue weighted by molar-refractivity contribution is 7.17. The van der Waals surface area contributed by atoms with Gasteiger partial charge in [0.2, 0.25) is 11.6 Å². The lowest BCUT2D eigenvalue weighted by atomic mass is 9.65. The monoisotopic (exact) mass is 715 g/mol. The van der Waals surface area contributed by atoms with Crippen LogP contribution in [0.25, 0.3) is 17.2 Å². The molecule has 6 aromatic rings. The van der Waals surface area contributed by atoms with Gasteiger partial charge >= 0.3 is 6.18 Å². The van der Waals surface area contributed by atoms with Gasteiger partial charge in [0.15, 0.2) is 0 Å². The lowest BCUT2D eigenvalue weighted by molar-refractivity contribution is -0.137. The number of anilines is 3. The number of thiophene rings is 1. The van der Waals surface area contributed by atoms with E-state index >= 15 is 0 Å². The molecule has 9 heteroatoms. The number of halogens is 5. The van der Waals surface area contributed by atoms with Crippen molar-refractivity contribution < 1.29 is 31.5 Å². The summed E-state index contributed by atoms with van der Waals surface area (Å²) in [5, 5.41) is 0.674. The Labute approximate surface area is 299 Å². The molecular formula is C43H26F5NO2S. The first kappa shape index (κ1) is 32.3. The minimum absolute atomic E-state index is 0.384. The van der Waals surface area contributed by atoms with E-state index in [0.717, 1.165) is 62.8 Å². The molecule has 1 aromatic heterocycles. The third-order valence-electron chi connectivity index (χ3n) is 10.5. The van der Waals surface area contributed by atoms with Crippen LogP contribution in [0.1, 0.15) is 70.1 Å². The van der Waals surface area contributed by atoms with Gasteiger partial charge in [-0.1, -0.05) is 66.2 Å². The smallest absolute Gasteiger partial charge is 0.301 e. The molecular weight excluding hydrogens is 690 g/mol. The van der Waals surface area contributed by atoms with Crippen LogP contribution in [0.5, 0.6) is 0 Å². The van der Waals surface area contributed by atoms with Gasteiger partial charge in [-0.25, -0.2) is 8.78 Å². The zero-order chi connectivity index (χ0) is 36.4. The molecule has 2 aliphatic carbocycles. The number of rotatable bonds is 2. The van der Waals surface area contributed by atoms with Gasteiger partial charge in [-0.2, -0.15) is 13.2 Å². The number of Topliss-reactive ketones (excluding diaryl/α,β-unsaturated/α-hetero) is 2. The van der Waals surface area contributed by atoms with Crippen LogP contribution in [0, 0.1) is 32.4 Å². The molecule has 9 rings (SSSR count). The van der Waals surface area contributed by atoms with Gasteiger partial charge in [-0.05, 0) is 102 Å². The van der Waals surface area contributed by atoms with Crippen molar-refractivity contribution in [3.8, 4) is 11.1 Å². The summed E-state index contributed by atoms with van der Waals surface area (Å²) in [6.07, 6.45) is -3.28. The molecule has 1 aliphatic heterocycles. The van der Waals surface area contributed by atoms with Crippen LogP contribution in [0.2, 0.25) is 0 Å². The fourth-order valence-corrected chi connectivity index (χ4v) is 9.75. The van der Waals surface area contributed by atoms with Crippen LogP contribution in [-0.4, -0.2) is 11.6 Å². The van der Waals surface area contributed by atoms with Crippen LogP contribution >= 0.6 is 11.3 Å². The topological polar surface area (TPSA) is 37.4 Å². The van der Waals surface area contributed by atoms with Crippen LogP contribution in [0.4, 0.5) is 38.3 Å². The van der Waals surface area contributed by atoms with Crippen molar-refractivity contribution in [2.75, 3.05) is 4.90 Å². The highest BCUT2D eigenvalue weighted by atomic mass is 32.1. The van der Waals surface area contributed by atoms with E-state index in [1.54, 1.807) is 6.07 Å². The molecule has 256 valence electrons. The Bertz CT molecular complexity index is 2520. The lowest BCUT2D eigenvalue weighted by Crippen LogP contribution is -2.36. The zero-order valence-electron chi connectivity index (χ0n) is 27.9. The molecule has 3 aliphatic rings. The average molecular weight is 716 g/mol. The number of carbonyl (C=O) groups excluding carboxylic acids is 2. The SMILES string of the molecule is Cc1cc(C)c(N2c3ccc(C(F)(F)F)cc3C3(c4ccccc4-c4ccccc43)c3cc(C=C4C(=O)c5c(F)ccc(F)c5C4=O)sc32)c(C)c1. The Morgan fingerprint density at radius 3 is 1.79 bits per heavy atom. The van der Waals surface area contributed by atoms with Crippen LogP contribution < -0.4 is 4.90 Å². The summed E-state index contributed by atoms with van der Waals surface area (Å²) in [6, 6.07) is 26.7. The molecule has 0 N–H and O–H groups in total. The van der Waals surface area contributed by atoms with E-state index in [1.807, 2.05) is 86.3 Å². The number of allylic oxidation sites excluding steroid dienone is 1. The first-order valence-corrected chi connectivity index (χ1v) is 17.4. The van der Waals surface area contributed by atoms with Crippen molar-refractivity contribution in [1.29, 1.82) is 0 Å². The minimum Gasteiger partial charge on any atom is -0.301 e.